The lowest BCUT2D eigenvalue weighted by Gasteiger charge is -2.05. The normalized spacial score (nSPS) is 46.6. The molecule has 0 aromatic carbocycles. The van der Waals surface area contributed by atoms with E-state index in [1.165, 1.54) is 0 Å². The fraction of sp³-hybridized carbons (Fsp3) is 1.00. The molecule has 2 fully saturated rings. The van der Waals surface area contributed by atoms with Gasteiger partial charge in [-0.2, -0.15) is 0 Å². The summed E-state index contributed by atoms with van der Waals surface area (Å²) in [6.07, 6.45) is 0.611. The third-order valence-corrected chi connectivity index (χ3v) is 2.86. The number of hydrogen-bond donors (Lipinski definition) is 2. The summed E-state index contributed by atoms with van der Waals surface area (Å²) in [5.41, 5.74) is 4.65. The molecule has 0 bridgehead atoms. The Kier molecular flexibility index (Phi) is 1.30. The number of rotatable bonds is 1. The average molecular weight is 162 g/mol. The van der Waals surface area contributed by atoms with E-state index in [2.05, 4.69) is 5.32 Å². The van der Waals surface area contributed by atoms with Crippen LogP contribution < -0.4 is 11.1 Å². The monoisotopic (exact) mass is 162 g/mol. The van der Waals surface area contributed by atoms with Crippen molar-refractivity contribution >= 4 is 0 Å². The molecule has 0 aromatic heterocycles. The van der Waals surface area contributed by atoms with E-state index >= 15 is 0 Å². The summed E-state index contributed by atoms with van der Waals surface area (Å²) in [5.74, 6) is -2.41. The van der Waals surface area contributed by atoms with Crippen molar-refractivity contribution in [2.45, 2.75) is 24.8 Å². The van der Waals surface area contributed by atoms with Gasteiger partial charge >= 0.3 is 0 Å². The maximum absolute atomic E-state index is 12.7. The first-order valence-electron chi connectivity index (χ1n) is 3.91. The molecule has 2 rings (SSSR count). The molecule has 1 heterocycles. The largest absolute Gasteiger partial charge is 0.329 e. The van der Waals surface area contributed by atoms with Crippen LogP contribution in [0.3, 0.4) is 0 Å². The molecule has 1 saturated carbocycles. The van der Waals surface area contributed by atoms with E-state index < -0.39 is 11.3 Å². The Bertz CT molecular complexity index is 183. The highest BCUT2D eigenvalue weighted by atomic mass is 19.3. The summed E-state index contributed by atoms with van der Waals surface area (Å²) < 4.78 is 25.4. The van der Waals surface area contributed by atoms with Crippen molar-refractivity contribution in [2.75, 3.05) is 13.1 Å². The van der Waals surface area contributed by atoms with Gasteiger partial charge in [-0.05, 0) is 6.42 Å². The van der Waals surface area contributed by atoms with Crippen LogP contribution in [0.15, 0.2) is 0 Å². The minimum Gasteiger partial charge on any atom is -0.329 e. The Morgan fingerprint density at radius 1 is 1.55 bits per heavy atom. The summed E-state index contributed by atoms with van der Waals surface area (Å²) in [6.45, 7) is 0.916. The number of halogens is 2. The molecule has 4 heteroatoms. The van der Waals surface area contributed by atoms with E-state index in [4.69, 9.17) is 5.73 Å². The molecule has 2 nitrogen and oxygen atoms in total. The molecule has 1 aliphatic carbocycles. The SMILES string of the molecule is NCC1CC2(CN1)CC2(F)F. The Hall–Kier alpha value is -0.220. The first-order chi connectivity index (χ1) is 5.10. The van der Waals surface area contributed by atoms with Crippen molar-refractivity contribution in [2.24, 2.45) is 11.1 Å². The van der Waals surface area contributed by atoms with Crippen molar-refractivity contribution < 1.29 is 8.78 Å². The van der Waals surface area contributed by atoms with Gasteiger partial charge in [-0.25, -0.2) is 8.78 Å². The van der Waals surface area contributed by atoms with E-state index in [0.717, 1.165) is 0 Å². The van der Waals surface area contributed by atoms with Gasteiger partial charge in [-0.3, -0.25) is 0 Å². The molecule has 1 saturated heterocycles. The summed E-state index contributed by atoms with van der Waals surface area (Å²) in [5, 5.41) is 3.01. The summed E-state index contributed by atoms with van der Waals surface area (Å²) >= 11 is 0. The fourth-order valence-electron chi connectivity index (χ4n) is 1.92. The zero-order valence-corrected chi connectivity index (χ0v) is 6.24. The van der Waals surface area contributed by atoms with E-state index in [1.54, 1.807) is 0 Å². The van der Waals surface area contributed by atoms with E-state index in [-0.39, 0.29) is 12.5 Å². The van der Waals surface area contributed by atoms with Gasteiger partial charge in [-0.1, -0.05) is 0 Å². The Morgan fingerprint density at radius 3 is 2.45 bits per heavy atom. The molecule has 1 aliphatic heterocycles. The zero-order chi connectivity index (χ0) is 8.11. The molecule has 0 radical (unpaired) electrons. The quantitative estimate of drug-likeness (QED) is 0.583. The van der Waals surface area contributed by atoms with E-state index in [9.17, 15) is 8.78 Å². The minimum absolute atomic E-state index is 0.0590. The van der Waals surface area contributed by atoms with Gasteiger partial charge in [-0.15, -0.1) is 0 Å². The van der Waals surface area contributed by atoms with E-state index in [0.29, 0.717) is 19.5 Å². The van der Waals surface area contributed by atoms with Gasteiger partial charge in [0, 0.05) is 25.6 Å². The highest BCUT2D eigenvalue weighted by Gasteiger charge is 2.72. The Morgan fingerprint density at radius 2 is 2.18 bits per heavy atom. The van der Waals surface area contributed by atoms with E-state index in [1.807, 2.05) is 0 Å². The van der Waals surface area contributed by atoms with Crippen molar-refractivity contribution in [1.29, 1.82) is 0 Å². The van der Waals surface area contributed by atoms with Gasteiger partial charge < -0.3 is 11.1 Å². The predicted molar refractivity (Wildman–Crippen MR) is 37.5 cm³/mol. The molecule has 2 aliphatic rings. The molecule has 1 spiro atoms. The van der Waals surface area contributed by atoms with Gasteiger partial charge in [0.25, 0.3) is 5.92 Å². The smallest absolute Gasteiger partial charge is 0.255 e. The van der Waals surface area contributed by atoms with Gasteiger partial charge in [0.1, 0.15) is 0 Å². The van der Waals surface area contributed by atoms with Crippen LogP contribution in [0.1, 0.15) is 12.8 Å². The molecule has 2 atom stereocenters. The van der Waals surface area contributed by atoms with Gasteiger partial charge in [0.15, 0.2) is 0 Å². The lowest BCUT2D eigenvalue weighted by Crippen LogP contribution is -2.29. The first kappa shape index (κ1) is 7.43. The lowest BCUT2D eigenvalue weighted by molar-refractivity contribution is 0.0697. The number of hydrogen-bond acceptors (Lipinski definition) is 2. The molecule has 11 heavy (non-hydrogen) atoms. The molecule has 64 valence electrons. The molecule has 0 amide bonds. The molecule has 3 N–H and O–H groups in total. The van der Waals surface area contributed by atoms with Crippen LogP contribution in [0.2, 0.25) is 0 Å². The predicted octanol–water partition coefficient (Wildman–Crippen LogP) is 0.332. The van der Waals surface area contributed by atoms with Gasteiger partial charge in [0.2, 0.25) is 0 Å². The standard InChI is InChI=1S/C7H12F2N2/c8-7(9)3-6(7)1-5(2-10)11-4-6/h5,11H,1-4,10H2. The maximum atomic E-state index is 12.7. The van der Waals surface area contributed by atoms with Gasteiger partial charge in [0.05, 0.1) is 5.41 Å². The molecular weight excluding hydrogens is 150 g/mol. The van der Waals surface area contributed by atoms with Crippen LogP contribution in [0, 0.1) is 5.41 Å². The first-order valence-corrected chi connectivity index (χ1v) is 3.91. The lowest BCUT2D eigenvalue weighted by atomic mass is 10.0. The molecule has 0 aromatic rings. The highest BCUT2D eigenvalue weighted by molar-refractivity contribution is 5.16. The fourth-order valence-corrected chi connectivity index (χ4v) is 1.92. The van der Waals surface area contributed by atoms with Crippen LogP contribution in [0.4, 0.5) is 8.78 Å². The van der Waals surface area contributed by atoms with Crippen molar-refractivity contribution in [3.63, 3.8) is 0 Å². The van der Waals surface area contributed by atoms with Crippen LogP contribution in [-0.4, -0.2) is 25.1 Å². The third-order valence-electron chi connectivity index (χ3n) is 2.86. The van der Waals surface area contributed by atoms with Crippen LogP contribution >= 0.6 is 0 Å². The van der Waals surface area contributed by atoms with Crippen LogP contribution in [0.25, 0.3) is 0 Å². The second-order valence-corrected chi connectivity index (χ2v) is 3.68. The van der Waals surface area contributed by atoms with Crippen LogP contribution in [-0.2, 0) is 0 Å². The van der Waals surface area contributed by atoms with Crippen molar-refractivity contribution in [3.8, 4) is 0 Å². The molecule has 2 unspecified atom stereocenters. The number of nitrogens with one attached hydrogen (secondary N) is 1. The second kappa shape index (κ2) is 1.93. The topological polar surface area (TPSA) is 38.0 Å². The summed E-state index contributed by atoms with van der Waals surface area (Å²) in [6, 6.07) is 0.114. The average Bonchev–Trinajstić information content (AvgIpc) is 2.35. The Balaban J connectivity index is 2.01. The summed E-state index contributed by atoms with van der Waals surface area (Å²) in [7, 11) is 0. The summed E-state index contributed by atoms with van der Waals surface area (Å²) in [4.78, 5) is 0. The number of nitrogens with two attached hydrogens (primary N) is 1. The van der Waals surface area contributed by atoms with Crippen LogP contribution in [0.5, 0.6) is 0 Å². The molecular formula is C7H12F2N2. The van der Waals surface area contributed by atoms with Crippen molar-refractivity contribution in [1.82, 2.24) is 5.32 Å². The Labute approximate surface area is 64.1 Å². The maximum Gasteiger partial charge on any atom is 0.255 e. The minimum atomic E-state index is -2.41. The zero-order valence-electron chi connectivity index (χ0n) is 6.24. The van der Waals surface area contributed by atoms with Crippen molar-refractivity contribution in [3.05, 3.63) is 0 Å². The number of alkyl halides is 2. The third kappa shape index (κ3) is 0.891. The highest BCUT2D eigenvalue weighted by Crippen LogP contribution is 2.64. The second-order valence-electron chi connectivity index (χ2n) is 3.68.